The highest BCUT2D eigenvalue weighted by atomic mass is 16.5. The number of nitrogens with zero attached hydrogens (tertiary/aromatic N) is 1. The van der Waals surface area contributed by atoms with Crippen molar-refractivity contribution in [1.29, 1.82) is 0 Å². The molecule has 0 bridgehead atoms. The molecule has 0 radical (unpaired) electrons. The van der Waals surface area contributed by atoms with Crippen molar-refractivity contribution in [3.8, 4) is 0 Å². The highest BCUT2D eigenvalue weighted by Gasteiger charge is 2.13. The Hall–Kier alpha value is -2.67. The number of esters is 1. The second-order valence-corrected chi connectivity index (χ2v) is 4.14. The minimum atomic E-state index is -0.477. The van der Waals surface area contributed by atoms with E-state index < -0.39 is 11.9 Å². The van der Waals surface area contributed by atoms with E-state index in [0.29, 0.717) is 17.0 Å². The molecule has 0 unspecified atom stereocenters. The zero-order valence-corrected chi connectivity index (χ0v) is 11.6. The van der Waals surface area contributed by atoms with Crippen LogP contribution in [0.1, 0.15) is 26.6 Å². The molecule has 21 heavy (non-hydrogen) atoms. The molecule has 7 heteroatoms. The molecule has 1 amide bonds. The van der Waals surface area contributed by atoms with E-state index in [1.807, 2.05) is 0 Å². The van der Waals surface area contributed by atoms with Gasteiger partial charge in [0, 0.05) is 18.9 Å². The highest BCUT2D eigenvalue weighted by Crippen LogP contribution is 2.13. The lowest BCUT2D eigenvalue weighted by atomic mass is 10.2. The molecular weight excluding hydrogens is 276 g/mol. The summed E-state index contributed by atoms with van der Waals surface area (Å²) in [6.45, 7) is 0.234. The van der Waals surface area contributed by atoms with Crippen LogP contribution in [0.25, 0.3) is 0 Å². The summed E-state index contributed by atoms with van der Waals surface area (Å²) in [7, 11) is 2.81. The van der Waals surface area contributed by atoms with E-state index in [1.165, 1.54) is 26.4 Å². The molecule has 2 rings (SSSR count). The fourth-order valence-corrected chi connectivity index (χ4v) is 1.67. The van der Waals surface area contributed by atoms with E-state index in [0.717, 1.165) is 0 Å². The van der Waals surface area contributed by atoms with Gasteiger partial charge in [0.05, 0.1) is 12.7 Å². The monoisotopic (exact) mass is 290 g/mol. The number of anilines is 1. The SMILES string of the molecule is COCc1cc(C(=O)Nc2cccc(C(=O)OC)c2)no1. The highest BCUT2D eigenvalue weighted by molar-refractivity contribution is 6.03. The first-order valence-electron chi connectivity index (χ1n) is 6.08. The van der Waals surface area contributed by atoms with Gasteiger partial charge in [-0.3, -0.25) is 4.79 Å². The van der Waals surface area contributed by atoms with Crippen LogP contribution >= 0.6 is 0 Å². The molecule has 7 nitrogen and oxygen atoms in total. The Balaban J connectivity index is 2.09. The van der Waals surface area contributed by atoms with Crippen molar-refractivity contribution < 1.29 is 23.6 Å². The standard InChI is InChI=1S/C14H14N2O5/c1-19-8-11-7-12(16-21-11)13(17)15-10-5-3-4-9(6-10)14(18)20-2/h3-7H,8H2,1-2H3,(H,15,17). The van der Waals surface area contributed by atoms with E-state index in [4.69, 9.17) is 9.26 Å². The first kappa shape index (κ1) is 14.7. The normalized spacial score (nSPS) is 10.2. The van der Waals surface area contributed by atoms with Crippen molar-refractivity contribution >= 4 is 17.6 Å². The Kier molecular flexibility index (Phi) is 4.68. The average molecular weight is 290 g/mol. The van der Waals surface area contributed by atoms with Crippen LogP contribution < -0.4 is 5.32 Å². The van der Waals surface area contributed by atoms with E-state index in [2.05, 4.69) is 15.2 Å². The smallest absolute Gasteiger partial charge is 0.337 e. The molecule has 0 aliphatic heterocycles. The maximum absolute atomic E-state index is 12.0. The zero-order valence-electron chi connectivity index (χ0n) is 11.6. The lowest BCUT2D eigenvalue weighted by Crippen LogP contribution is -2.13. The van der Waals surface area contributed by atoms with E-state index in [-0.39, 0.29) is 12.3 Å². The molecular formula is C14H14N2O5. The topological polar surface area (TPSA) is 90.7 Å². The Morgan fingerprint density at radius 2 is 2.10 bits per heavy atom. The van der Waals surface area contributed by atoms with E-state index in [1.54, 1.807) is 18.2 Å². The van der Waals surface area contributed by atoms with Crippen LogP contribution in [-0.4, -0.2) is 31.3 Å². The van der Waals surface area contributed by atoms with Gasteiger partial charge in [0.15, 0.2) is 11.5 Å². The number of methoxy groups -OCH3 is 2. The first-order chi connectivity index (χ1) is 10.1. The van der Waals surface area contributed by atoms with Gasteiger partial charge in [-0.2, -0.15) is 0 Å². The molecule has 0 spiro atoms. The van der Waals surface area contributed by atoms with Gasteiger partial charge in [-0.25, -0.2) is 4.79 Å². The number of ether oxygens (including phenoxy) is 2. The van der Waals surface area contributed by atoms with Crippen molar-refractivity contribution in [3.05, 3.63) is 47.3 Å². The molecule has 0 fully saturated rings. The third-order valence-electron chi connectivity index (χ3n) is 2.62. The third-order valence-corrected chi connectivity index (χ3v) is 2.62. The summed E-state index contributed by atoms with van der Waals surface area (Å²) in [6.07, 6.45) is 0. The van der Waals surface area contributed by atoms with Crippen molar-refractivity contribution in [2.45, 2.75) is 6.61 Å². The number of amides is 1. The predicted octanol–water partition coefficient (Wildman–Crippen LogP) is 1.86. The molecule has 2 aromatic rings. The summed E-state index contributed by atoms with van der Waals surface area (Å²) in [4.78, 5) is 23.4. The number of hydrogen-bond donors (Lipinski definition) is 1. The predicted molar refractivity (Wildman–Crippen MR) is 73.0 cm³/mol. The Bertz CT molecular complexity index is 650. The molecule has 0 aliphatic carbocycles. The number of hydrogen-bond acceptors (Lipinski definition) is 6. The number of carbonyl (C=O) groups excluding carboxylic acids is 2. The first-order valence-corrected chi connectivity index (χ1v) is 6.08. The van der Waals surface area contributed by atoms with Gasteiger partial charge in [0.1, 0.15) is 6.61 Å². The lowest BCUT2D eigenvalue weighted by Gasteiger charge is -2.04. The van der Waals surface area contributed by atoms with Crippen LogP contribution in [-0.2, 0) is 16.1 Å². The third kappa shape index (κ3) is 3.67. The van der Waals surface area contributed by atoms with Crippen molar-refractivity contribution in [3.63, 3.8) is 0 Å². The summed E-state index contributed by atoms with van der Waals surface area (Å²) in [5.41, 5.74) is 0.931. The van der Waals surface area contributed by atoms with Gasteiger partial charge in [0.2, 0.25) is 0 Å². The second kappa shape index (κ2) is 6.67. The van der Waals surface area contributed by atoms with Crippen molar-refractivity contribution in [2.75, 3.05) is 19.5 Å². The molecule has 1 aromatic carbocycles. The second-order valence-electron chi connectivity index (χ2n) is 4.14. The number of aromatic nitrogens is 1. The number of benzene rings is 1. The van der Waals surface area contributed by atoms with Crippen LogP contribution in [0.15, 0.2) is 34.9 Å². The maximum atomic E-state index is 12.0. The fourth-order valence-electron chi connectivity index (χ4n) is 1.67. The minimum absolute atomic E-state index is 0.130. The maximum Gasteiger partial charge on any atom is 0.337 e. The molecule has 1 aromatic heterocycles. The summed E-state index contributed by atoms with van der Waals surface area (Å²) in [5, 5.41) is 6.27. The van der Waals surface area contributed by atoms with Gasteiger partial charge in [-0.1, -0.05) is 11.2 Å². The van der Waals surface area contributed by atoms with Crippen LogP contribution in [0.2, 0.25) is 0 Å². The number of nitrogens with one attached hydrogen (secondary N) is 1. The zero-order chi connectivity index (χ0) is 15.2. The summed E-state index contributed by atoms with van der Waals surface area (Å²) >= 11 is 0. The van der Waals surface area contributed by atoms with Crippen LogP contribution in [0, 0.1) is 0 Å². The average Bonchev–Trinajstić information content (AvgIpc) is 2.96. The van der Waals surface area contributed by atoms with E-state index >= 15 is 0 Å². The quantitative estimate of drug-likeness (QED) is 0.845. The Morgan fingerprint density at radius 3 is 2.81 bits per heavy atom. The van der Waals surface area contributed by atoms with Gasteiger partial charge in [0.25, 0.3) is 5.91 Å². The molecule has 0 saturated heterocycles. The summed E-state index contributed by atoms with van der Waals surface area (Å²) in [5.74, 6) is -0.469. The molecule has 110 valence electrons. The van der Waals surface area contributed by atoms with Gasteiger partial charge in [-0.15, -0.1) is 0 Å². The fraction of sp³-hybridized carbons (Fsp3) is 0.214. The van der Waals surface area contributed by atoms with Gasteiger partial charge < -0.3 is 19.3 Å². The minimum Gasteiger partial charge on any atom is -0.465 e. The summed E-state index contributed by atoms with van der Waals surface area (Å²) in [6, 6.07) is 7.89. The van der Waals surface area contributed by atoms with Gasteiger partial charge in [-0.05, 0) is 18.2 Å². The van der Waals surface area contributed by atoms with Gasteiger partial charge >= 0.3 is 5.97 Å². The number of rotatable bonds is 5. The molecule has 1 heterocycles. The van der Waals surface area contributed by atoms with E-state index in [9.17, 15) is 9.59 Å². The largest absolute Gasteiger partial charge is 0.465 e. The Morgan fingerprint density at radius 1 is 1.29 bits per heavy atom. The number of carbonyl (C=O) groups is 2. The lowest BCUT2D eigenvalue weighted by molar-refractivity contribution is 0.0600. The molecule has 0 atom stereocenters. The van der Waals surface area contributed by atoms with Crippen molar-refractivity contribution in [2.24, 2.45) is 0 Å². The van der Waals surface area contributed by atoms with Crippen LogP contribution in [0.5, 0.6) is 0 Å². The molecule has 1 N–H and O–H groups in total. The van der Waals surface area contributed by atoms with Crippen LogP contribution in [0.3, 0.4) is 0 Å². The van der Waals surface area contributed by atoms with Crippen LogP contribution in [0.4, 0.5) is 5.69 Å². The Labute approximate surface area is 120 Å². The molecule has 0 aliphatic rings. The van der Waals surface area contributed by atoms with Crippen molar-refractivity contribution in [1.82, 2.24) is 5.16 Å². The molecule has 0 saturated carbocycles. The summed E-state index contributed by atoms with van der Waals surface area (Å²) < 4.78 is 14.4.